The van der Waals surface area contributed by atoms with Crippen molar-refractivity contribution in [1.29, 1.82) is 0 Å². The van der Waals surface area contributed by atoms with Crippen molar-refractivity contribution in [1.82, 2.24) is 15.3 Å². The third-order valence-electron chi connectivity index (χ3n) is 3.02. The summed E-state index contributed by atoms with van der Waals surface area (Å²) in [5, 5.41) is 3.33. The normalized spacial score (nSPS) is 11.8. The summed E-state index contributed by atoms with van der Waals surface area (Å²) in [4.78, 5) is 38.9. The van der Waals surface area contributed by atoms with Crippen molar-refractivity contribution < 1.29 is 9.53 Å². The highest BCUT2D eigenvalue weighted by Gasteiger charge is 2.17. The first-order valence-electron chi connectivity index (χ1n) is 6.89. The van der Waals surface area contributed by atoms with Crippen LogP contribution in [0.25, 0.3) is 0 Å². The Labute approximate surface area is 156 Å². The van der Waals surface area contributed by atoms with Gasteiger partial charge in [-0.15, -0.1) is 0 Å². The molecule has 0 aliphatic carbocycles. The van der Waals surface area contributed by atoms with Gasteiger partial charge in [0.1, 0.15) is 18.0 Å². The fourth-order valence-corrected chi connectivity index (χ4v) is 2.81. The maximum atomic E-state index is 12.1. The number of aromatic amines is 2. The molecule has 8 nitrogen and oxygen atoms in total. The lowest BCUT2D eigenvalue weighted by atomic mass is 10.3. The summed E-state index contributed by atoms with van der Waals surface area (Å²) in [6.07, 6.45) is 0. The number of aromatic nitrogens is 2. The molecular formula is C14H13Cl3N4O4. The fourth-order valence-electron chi connectivity index (χ4n) is 1.89. The zero-order valence-electron chi connectivity index (χ0n) is 12.8. The van der Waals surface area contributed by atoms with Crippen LogP contribution < -0.4 is 27.0 Å². The van der Waals surface area contributed by atoms with E-state index in [0.717, 1.165) is 0 Å². The summed E-state index contributed by atoms with van der Waals surface area (Å²) in [5.41, 5.74) is 3.08. The molecule has 0 unspecified atom stereocenters. The number of nitrogens with two attached hydrogens (primary N) is 1. The van der Waals surface area contributed by atoms with Crippen molar-refractivity contribution in [2.24, 2.45) is 0 Å². The lowest BCUT2D eigenvalue weighted by Crippen LogP contribution is -2.40. The Kier molecular flexibility index (Phi) is 5.99. The number of carbonyl (C=O) groups is 1. The third kappa shape index (κ3) is 4.68. The van der Waals surface area contributed by atoms with Crippen molar-refractivity contribution in [2.75, 3.05) is 12.3 Å². The molecule has 2 rings (SSSR count). The first-order chi connectivity index (χ1) is 11.7. The van der Waals surface area contributed by atoms with Gasteiger partial charge in [-0.05, 0) is 19.1 Å². The molecule has 2 aromatic rings. The maximum absolute atomic E-state index is 12.1. The molecule has 1 aromatic heterocycles. The van der Waals surface area contributed by atoms with Crippen LogP contribution in [0.1, 0.15) is 17.4 Å². The largest absolute Gasteiger partial charge is 0.488 e. The minimum atomic E-state index is -0.850. The summed E-state index contributed by atoms with van der Waals surface area (Å²) >= 11 is 17.8. The van der Waals surface area contributed by atoms with E-state index < -0.39 is 28.9 Å². The molecule has 25 heavy (non-hydrogen) atoms. The summed E-state index contributed by atoms with van der Waals surface area (Å²) in [6.45, 7) is 1.65. The van der Waals surface area contributed by atoms with Gasteiger partial charge in [0.25, 0.3) is 11.5 Å². The predicted octanol–water partition coefficient (Wildman–Crippen LogP) is 1.80. The first kappa shape index (κ1) is 19.2. The number of carbonyl (C=O) groups excluding carboxylic acids is 1. The molecule has 0 aliphatic rings. The lowest BCUT2D eigenvalue weighted by molar-refractivity contribution is 0.0922. The van der Waals surface area contributed by atoms with Crippen LogP contribution in [0.4, 0.5) is 5.69 Å². The summed E-state index contributed by atoms with van der Waals surface area (Å²) in [5.74, 6) is -0.511. The lowest BCUT2D eigenvalue weighted by Gasteiger charge is -2.17. The quantitative estimate of drug-likeness (QED) is 0.600. The van der Waals surface area contributed by atoms with Gasteiger partial charge >= 0.3 is 5.69 Å². The molecular weight excluding hydrogens is 395 g/mol. The number of amides is 1. The Morgan fingerprint density at radius 3 is 2.44 bits per heavy atom. The number of nitrogen functional groups attached to an aromatic ring is 1. The van der Waals surface area contributed by atoms with Gasteiger partial charge in [-0.2, -0.15) is 0 Å². The molecule has 11 heteroatoms. The van der Waals surface area contributed by atoms with E-state index in [0.29, 0.717) is 5.02 Å². The van der Waals surface area contributed by atoms with E-state index in [2.05, 4.69) is 10.3 Å². The topological polar surface area (TPSA) is 130 Å². The van der Waals surface area contributed by atoms with Gasteiger partial charge in [0, 0.05) is 5.02 Å². The maximum Gasteiger partial charge on any atom is 0.326 e. The molecule has 1 heterocycles. The van der Waals surface area contributed by atoms with Crippen molar-refractivity contribution >= 4 is 46.4 Å². The molecule has 1 atom stereocenters. The molecule has 0 radical (unpaired) electrons. The number of ether oxygens (including phenoxy) is 1. The predicted molar refractivity (Wildman–Crippen MR) is 96.0 cm³/mol. The van der Waals surface area contributed by atoms with Crippen LogP contribution in [0, 0.1) is 0 Å². The van der Waals surface area contributed by atoms with Crippen molar-refractivity contribution in [2.45, 2.75) is 13.0 Å². The number of hydrogen-bond acceptors (Lipinski definition) is 5. The average Bonchev–Trinajstić information content (AvgIpc) is 2.49. The van der Waals surface area contributed by atoms with E-state index in [1.807, 2.05) is 4.98 Å². The average molecular weight is 408 g/mol. The second-order valence-electron chi connectivity index (χ2n) is 5.08. The molecule has 1 amide bonds. The van der Waals surface area contributed by atoms with Crippen LogP contribution in [0.15, 0.2) is 21.7 Å². The summed E-state index contributed by atoms with van der Waals surface area (Å²) in [6, 6.07) is 2.42. The van der Waals surface area contributed by atoms with E-state index in [1.54, 1.807) is 6.92 Å². The Bertz CT molecular complexity index is 902. The van der Waals surface area contributed by atoms with E-state index in [1.165, 1.54) is 12.1 Å². The number of anilines is 1. The van der Waals surface area contributed by atoms with Crippen molar-refractivity contribution in [3.05, 3.63) is 53.7 Å². The minimum Gasteiger partial charge on any atom is -0.488 e. The molecule has 1 aromatic carbocycles. The molecule has 134 valence electrons. The highest BCUT2D eigenvalue weighted by Crippen LogP contribution is 2.35. The van der Waals surface area contributed by atoms with Crippen LogP contribution in [0.3, 0.4) is 0 Å². The van der Waals surface area contributed by atoms with Crippen molar-refractivity contribution in [3.8, 4) is 5.75 Å². The monoisotopic (exact) mass is 406 g/mol. The number of halogens is 3. The minimum absolute atomic E-state index is 0.0140. The Morgan fingerprint density at radius 1 is 1.24 bits per heavy atom. The van der Waals surface area contributed by atoms with Crippen LogP contribution in [-0.2, 0) is 0 Å². The van der Waals surface area contributed by atoms with Gasteiger partial charge in [0.2, 0.25) is 0 Å². The van der Waals surface area contributed by atoms with Gasteiger partial charge in [-0.3, -0.25) is 14.6 Å². The van der Waals surface area contributed by atoms with Gasteiger partial charge in [-0.25, -0.2) is 4.79 Å². The highest BCUT2D eigenvalue weighted by atomic mass is 35.5. The molecule has 0 fully saturated rings. The van der Waals surface area contributed by atoms with E-state index >= 15 is 0 Å². The van der Waals surface area contributed by atoms with Crippen LogP contribution in [-0.4, -0.2) is 28.5 Å². The fraction of sp³-hybridized carbons (Fsp3) is 0.214. The highest BCUT2D eigenvalue weighted by molar-refractivity contribution is 6.40. The SMILES string of the molecule is C[C@H](COc1c(Cl)cc(Cl)cc1Cl)NC(=O)c1[nH]c(=O)[nH]c(=O)c1N. The standard InChI is InChI=1S/C14H13Cl3N4O4/c1-5(4-25-11-7(16)2-6(15)3-8(11)17)19-13(23)10-9(18)12(22)21-14(24)20-10/h2-3,5H,4,18H2,1H3,(H,19,23)(H2,20,21,22,24)/t5-/m1/s1. The zero-order valence-corrected chi connectivity index (χ0v) is 15.1. The third-order valence-corrected chi connectivity index (χ3v) is 3.80. The van der Waals surface area contributed by atoms with Gasteiger partial charge in [0.15, 0.2) is 5.75 Å². The Balaban J connectivity index is 2.06. The summed E-state index contributed by atoms with van der Waals surface area (Å²) in [7, 11) is 0. The molecule has 0 saturated carbocycles. The number of hydrogen-bond donors (Lipinski definition) is 4. The molecule has 0 aliphatic heterocycles. The second-order valence-corrected chi connectivity index (χ2v) is 6.33. The zero-order chi connectivity index (χ0) is 18.7. The van der Waals surface area contributed by atoms with E-state index in [-0.39, 0.29) is 28.1 Å². The summed E-state index contributed by atoms with van der Waals surface area (Å²) < 4.78 is 5.49. The number of benzene rings is 1. The smallest absolute Gasteiger partial charge is 0.326 e. The first-order valence-corrected chi connectivity index (χ1v) is 8.02. The van der Waals surface area contributed by atoms with Crippen LogP contribution >= 0.6 is 34.8 Å². The molecule has 0 spiro atoms. The number of rotatable bonds is 5. The Hall–Kier alpha value is -2.16. The van der Waals surface area contributed by atoms with Gasteiger partial charge in [0.05, 0.1) is 16.1 Å². The number of nitrogens with one attached hydrogen (secondary N) is 3. The van der Waals surface area contributed by atoms with Gasteiger partial charge in [-0.1, -0.05) is 34.8 Å². The number of H-pyrrole nitrogens is 2. The molecule has 5 N–H and O–H groups in total. The van der Waals surface area contributed by atoms with Crippen LogP contribution in [0.2, 0.25) is 15.1 Å². The molecule has 0 saturated heterocycles. The van der Waals surface area contributed by atoms with E-state index in [9.17, 15) is 14.4 Å². The molecule has 0 bridgehead atoms. The Morgan fingerprint density at radius 2 is 1.84 bits per heavy atom. The van der Waals surface area contributed by atoms with Crippen LogP contribution in [0.5, 0.6) is 5.75 Å². The van der Waals surface area contributed by atoms with Gasteiger partial charge < -0.3 is 20.8 Å². The van der Waals surface area contributed by atoms with Crippen molar-refractivity contribution in [3.63, 3.8) is 0 Å². The second kappa shape index (κ2) is 7.81. The van der Waals surface area contributed by atoms with E-state index in [4.69, 9.17) is 45.3 Å².